The van der Waals surface area contributed by atoms with Crippen LogP contribution < -0.4 is 10.2 Å². The van der Waals surface area contributed by atoms with Gasteiger partial charge in [0, 0.05) is 30.9 Å². The minimum absolute atomic E-state index is 0.0380. The molecule has 3 heteroatoms. The van der Waals surface area contributed by atoms with Crippen LogP contribution in [-0.2, 0) is 4.79 Å². The van der Waals surface area contributed by atoms with Gasteiger partial charge in [-0.2, -0.15) is 0 Å². The summed E-state index contributed by atoms with van der Waals surface area (Å²) in [6, 6.07) is 8.42. The Kier molecular flexibility index (Phi) is 4.35. The predicted octanol–water partition coefficient (Wildman–Crippen LogP) is 2.88. The second-order valence-electron chi connectivity index (χ2n) is 4.11. The molecular weight excluding hydrogens is 200 g/mol. The zero-order valence-electron chi connectivity index (χ0n) is 10.4. The molecule has 0 spiro atoms. The third-order valence-electron chi connectivity index (χ3n) is 2.48. The molecule has 0 aliphatic rings. The first kappa shape index (κ1) is 12.6. The molecule has 1 N–H and O–H groups in total. The quantitative estimate of drug-likeness (QED) is 0.846. The van der Waals surface area contributed by atoms with Gasteiger partial charge in [0.05, 0.1) is 0 Å². The second kappa shape index (κ2) is 5.54. The van der Waals surface area contributed by atoms with Crippen LogP contribution in [-0.4, -0.2) is 18.5 Å². The minimum Gasteiger partial charge on any atom is -0.369 e. The zero-order chi connectivity index (χ0) is 12.1. The first-order chi connectivity index (χ1) is 7.54. The van der Waals surface area contributed by atoms with Crippen LogP contribution in [0.5, 0.6) is 0 Å². The fourth-order valence-electron chi connectivity index (χ4n) is 1.79. The number of nitrogens with one attached hydrogen (secondary N) is 1. The summed E-state index contributed by atoms with van der Waals surface area (Å²) in [5.74, 6) is -0.0380. The van der Waals surface area contributed by atoms with Gasteiger partial charge in [-0.25, -0.2) is 0 Å². The van der Waals surface area contributed by atoms with Crippen molar-refractivity contribution >= 4 is 17.3 Å². The van der Waals surface area contributed by atoms with Crippen molar-refractivity contribution in [3.05, 3.63) is 24.3 Å². The molecule has 1 rings (SSSR count). The van der Waals surface area contributed by atoms with Gasteiger partial charge < -0.3 is 10.2 Å². The number of hydrogen-bond acceptors (Lipinski definition) is 2. The lowest BCUT2D eigenvalue weighted by atomic mass is 10.2. The number of carbonyl (C=O) groups excluding carboxylic acids is 1. The highest BCUT2D eigenvalue weighted by Crippen LogP contribution is 2.19. The lowest BCUT2D eigenvalue weighted by Gasteiger charge is -2.27. The van der Waals surface area contributed by atoms with Gasteiger partial charge in [-0.1, -0.05) is 0 Å². The van der Waals surface area contributed by atoms with Crippen LogP contribution in [0.15, 0.2) is 24.3 Å². The number of hydrogen-bond donors (Lipinski definition) is 1. The first-order valence-electron chi connectivity index (χ1n) is 5.69. The zero-order valence-corrected chi connectivity index (χ0v) is 10.4. The van der Waals surface area contributed by atoms with Crippen LogP contribution in [0.2, 0.25) is 0 Å². The Morgan fingerprint density at radius 3 is 2.25 bits per heavy atom. The van der Waals surface area contributed by atoms with Gasteiger partial charge in [0.25, 0.3) is 0 Å². The molecule has 0 fully saturated rings. The molecule has 0 heterocycles. The molecule has 88 valence electrons. The van der Waals surface area contributed by atoms with E-state index in [0.717, 1.165) is 12.2 Å². The lowest BCUT2D eigenvalue weighted by Crippen LogP contribution is -2.30. The van der Waals surface area contributed by atoms with Crippen LogP contribution in [0.3, 0.4) is 0 Å². The molecule has 0 bridgehead atoms. The average Bonchev–Trinajstić information content (AvgIpc) is 2.20. The summed E-state index contributed by atoms with van der Waals surface area (Å²) in [5.41, 5.74) is 2.03. The molecular formula is C13H20N2O. The van der Waals surface area contributed by atoms with Crippen molar-refractivity contribution in [1.29, 1.82) is 0 Å². The molecule has 0 atom stereocenters. The Balaban J connectivity index is 2.80. The van der Waals surface area contributed by atoms with E-state index in [4.69, 9.17) is 0 Å². The highest BCUT2D eigenvalue weighted by Gasteiger charge is 2.07. The summed E-state index contributed by atoms with van der Waals surface area (Å²) >= 11 is 0. The molecule has 1 aromatic rings. The Bertz CT molecular complexity index is 343. The van der Waals surface area contributed by atoms with Gasteiger partial charge >= 0.3 is 0 Å². The molecule has 0 radical (unpaired) electrons. The summed E-state index contributed by atoms with van der Waals surface area (Å²) in [4.78, 5) is 13.2. The van der Waals surface area contributed by atoms with Crippen molar-refractivity contribution in [1.82, 2.24) is 0 Å². The fourth-order valence-corrected chi connectivity index (χ4v) is 1.79. The van der Waals surface area contributed by atoms with E-state index in [2.05, 4.69) is 31.0 Å². The monoisotopic (exact) mass is 220 g/mol. The number of rotatable bonds is 4. The van der Waals surface area contributed by atoms with Crippen molar-refractivity contribution < 1.29 is 4.79 Å². The minimum atomic E-state index is -0.0380. The molecule has 0 saturated carbocycles. The van der Waals surface area contributed by atoms with Gasteiger partial charge in [0.1, 0.15) is 0 Å². The first-order valence-corrected chi connectivity index (χ1v) is 5.69. The van der Waals surface area contributed by atoms with Gasteiger partial charge in [-0.05, 0) is 45.0 Å². The van der Waals surface area contributed by atoms with Crippen LogP contribution in [0.4, 0.5) is 11.4 Å². The van der Waals surface area contributed by atoms with Crippen LogP contribution >= 0.6 is 0 Å². The van der Waals surface area contributed by atoms with E-state index in [1.54, 1.807) is 0 Å². The van der Waals surface area contributed by atoms with Crippen LogP contribution in [0.25, 0.3) is 0 Å². The lowest BCUT2D eigenvalue weighted by molar-refractivity contribution is -0.114. The molecule has 0 saturated heterocycles. The van der Waals surface area contributed by atoms with Crippen molar-refractivity contribution in [3.63, 3.8) is 0 Å². The number of benzene rings is 1. The van der Waals surface area contributed by atoms with Crippen molar-refractivity contribution in [2.75, 3.05) is 16.8 Å². The Morgan fingerprint density at radius 2 is 1.88 bits per heavy atom. The van der Waals surface area contributed by atoms with Gasteiger partial charge in [0.15, 0.2) is 0 Å². The van der Waals surface area contributed by atoms with Gasteiger partial charge in [-0.3, -0.25) is 4.79 Å². The number of carbonyl (C=O) groups is 1. The maximum absolute atomic E-state index is 10.9. The summed E-state index contributed by atoms with van der Waals surface area (Å²) in [7, 11) is 0. The summed E-state index contributed by atoms with van der Waals surface area (Å²) in [5, 5.41) is 2.76. The average molecular weight is 220 g/mol. The molecule has 1 amide bonds. The molecule has 0 aliphatic carbocycles. The Labute approximate surface area is 97.5 Å². The predicted molar refractivity (Wildman–Crippen MR) is 68.9 cm³/mol. The maximum atomic E-state index is 10.9. The van der Waals surface area contributed by atoms with E-state index >= 15 is 0 Å². The van der Waals surface area contributed by atoms with E-state index in [0.29, 0.717) is 6.04 Å². The maximum Gasteiger partial charge on any atom is 0.221 e. The molecule has 16 heavy (non-hydrogen) atoms. The molecule has 1 aromatic carbocycles. The van der Waals surface area contributed by atoms with Crippen molar-refractivity contribution in [2.24, 2.45) is 0 Å². The van der Waals surface area contributed by atoms with E-state index in [1.165, 1.54) is 12.6 Å². The smallest absolute Gasteiger partial charge is 0.221 e. The largest absolute Gasteiger partial charge is 0.369 e. The van der Waals surface area contributed by atoms with Gasteiger partial charge in [0.2, 0.25) is 5.91 Å². The molecule has 0 aromatic heterocycles. The Morgan fingerprint density at radius 1 is 1.31 bits per heavy atom. The SMILES string of the molecule is CCN(c1ccc(NC(C)=O)cc1)C(C)C. The van der Waals surface area contributed by atoms with E-state index < -0.39 is 0 Å². The third kappa shape index (κ3) is 3.26. The van der Waals surface area contributed by atoms with Gasteiger partial charge in [-0.15, -0.1) is 0 Å². The Hall–Kier alpha value is -1.51. The van der Waals surface area contributed by atoms with Crippen LogP contribution in [0.1, 0.15) is 27.7 Å². The summed E-state index contributed by atoms with van der Waals surface area (Å²) < 4.78 is 0. The summed E-state index contributed by atoms with van der Waals surface area (Å²) in [6.45, 7) is 8.98. The molecule has 0 aliphatic heterocycles. The second-order valence-corrected chi connectivity index (χ2v) is 4.11. The third-order valence-corrected chi connectivity index (χ3v) is 2.48. The molecule has 0 unspecified atom stereocenters. The highest BCUT2D eigenvalue weighted by molar-refractivity contribution is 5.88. The standard InChI is InChI=1S/C13H20N2O/c1-5-15(10(2)3)13-8-6-12(7-9-13)14-11(4)16/h6-10H,5H2,1-4H3,(H,14,16). The van der Waals surface area contributed by atoms with E-state index in [1.807, 2.05) is 24.3 Å². The normalized spacial score (nSPS) is 10.3. The van der Waals surface area contributed by atoms with Crippen molar-refractivity contribution in [2.45, 2.75) is 33.7 Å². The van der Waals surface area contributed by atoms with E-state index in [9.17, 15) is 4.79 Å². The summed E-state index contributed by atoms with van der Waals surface area (Å²) in [6.07, 6.45) is 0. The topological polar surface area (TPSA) is 32.3 Å². The number of nitrogens with zero attached hydrogens (tertiary/aromatic N) is 1. The fraction of sp³-hybridized carbons (Fsp3) is 0.462. The number of anilines is 2. The van der Waals surface area contributed by atoms with Crippen LogP contribution in [0, 0.1) is 0 Å². The highest BCUT2D eigenvalue weighted by atomic mass is 16.1. The van der Waals surface area contributed by atoms with E-state index in [-0.39, 0.29) is 5.91 Å². The molecule has 3 nitrogen and oxygen atoms in total. The van der Waals surface area contributed by atoms with Crippen molar-refractivity contribution in [3.8, 4) is 0 Å². The number of amides is 1.